The fourth-order valence-electron chi connectivity index (χ4n) is 2.57. The SMILES string of the molecule is Cc1ccc(NC(=O)COC(=O)c2ccc(C(C)C)cc2)cc1S(=O)(=O)N(C)C. The first-order valence-electron chi connectivity index (χ1n) is 9.12. The molecule has 0 bridgehead atoms. The molecular weight excluding hydrogens is 392 g/mol. The Morgan fingerprint density at radius 3 is 2.24 bits per heavy atom. The van der Waals surface area contributed by atoms with Crippen LogP contribution in [0.2, 0.25) is 0 Å². The number of nitrogens with zero attached hydrogens (tertiary/aromatic N) is 1. The lowest BCUT2D eigenvalue weighted by molar-refractivity contribution is -0.119. The van der Waals surface area contributed by atoms with Crippen LogP contribution >= 0.6 is 0 Å². The molecule has 29 heavy (non-hydrogen) atoms. The topological polar surface area (TPSA) is 92.8 Å². The van der Waals surface area contributed by atoms with Gasteiger partial charge >= 0.3 is 5.97 Å². The van der Waals surface area contributed by atoms with Crippen LogP contribution in [0.4, 0.5) is 5.69 Å². The van der Waals surface area contributed by atoms with Crippen LogP contribution in [0.15, 0.2) is 47.4 Å². The molecule has 2 aromatic rings. The van der Waals surface area contributed by atoms with Gasteiger partial charge in [0.05, 0.1) is 10.5 Å². The summed E-state index contributed by atoms with van der Waals surface area (Å²) in [4.78, 5) is 24.3. The number of carbonyl (C=O) groups excluding carboxylic acids is 2. The lowest BCUT2D eigenvalue weighted by Gasteiger charge is -2.15. The fourth-order valence-corrected chi connectivity index (χ4v) is 3.71. The van der Waals surface area contributed by atoms with E-state index in [4.69, 9.17) is 4.74 Å². The summed E-state index contributed by atoms with van der Waals surface area (Å²) in [6.07, 6.45) is 0. The van der Waals surface area contributed by atoms with Crippen LogP contribution in [0.3, 0.4) is 0 Å². The molecule has 0 heterocycles. The summed E-state index contributed by atoms with van der Waals surface area (Å²) < 4.78 is 30.9. The second-order valence-corrected chi connectivity index (χ2v) is 9.29. The molecule has 8 heteroatoms. The van der Waals surface area contributed by atoms with Crippen LogP contribution in [0.1, 0.15) is 41.3 Å². The molecule has 0 aromatic heterocycles. The highest BCUT2D eigenvalue weighted by Crippen LogP contribution is 2.22. The van der Waals surface area contributed by atoms with E-state index >= 15 is 0 Å². The van der Waals surface area contributed by atoms with E-state index in [1.54, 1.807) is 31.2 Å². The third-order valence-electron chi connectivity index (χ3n) is 4.38. The van der Waals surface area contributed by atoms with E-state index in [1.807, 2.05) is 12.1 Å². The molecule has 2 aromatic carbocycles. The summed E-state index contributed by atoms with van der Waals surface area (Å²) in [7, 11) is -0.765. The summed E-state index contributed by atoms with van der Waals surface area (Å²) in [5.74, 6) is -0.814. The monoisotopic (exact) mass is 418 g/mol. The van der Waals surface area contributed by atoms with Crippen molar-refractivity contribution in [2.75, 3.05) is 26.0 Å². The van der Waals surface area contributed by atoms with Gasteiger partial charge in [-0.2, -0.15) is 0 Å². The highest BCUT2D eigenvalue weighted by Gasteiger charge is 2.20. The van der Waals surface area contributed by atoms with Crippen LogP contribution in [0, 0.1) is 6.92 Å². The van der Waals surface area contributed by atoms with Gasteiger partial charge in [-0.15, -0.1) is 0 Å². The minimum atomic E-state index is -3.64. The van der Waals surface area contributed by atoms with Crippen LogP contribution in [0.5, 0.6) is 0 Å². The van der Waals surface area contributed by atoms with Gasteiger partial charge in [-0.1, -0.05) is 32.0 Å². The molecule has 0 saturated carbocycles. The number of hydrogen-bond donors (Lipinski definition) is 1. The van der Waals surface area contributed by atoms with Crippen molar-refractivity contribution in [2.45, 2.75) is 31.6 Å². The molecule has 0 unspecified atom stereocenters. The largest absolute Gasteiger partial charge is 0.452 e. The van der Waals surface area contributed by atoms with Crippen molar-refractivity contribution in [1.82, 2.24) is 4.31 Å². The number of anilines is 1. The van der Waals surface area contributed by atoms with E-state index in [0.29, 0.717) is 22.7 Å². The van der Waals surface area contributed by atoms with Crippen LogP contribution in [-0.2, 0) is 19.6 Å². The molecule has 0 radical (unpaired) electrons. The van der Waals surface area contributed by atoms with Gasteiger partial charge in [-0.25, -0.2) is 17.5 Å². The number of amides is 1. The molecule has 0 aliphatic rings. The van der Waals surface area contributed by atoms with E-state index in [1.165, 1.54) is 20.2 Å². The molecule has 0 fully saturated rings. The molecule has 0 atom stereocenters. The van der Waals surface area contributed by atoms with Crippen molar-refractivity contribution < 1.29 is 22.7 Å². The van der Waals surface area contributed by atoms with Gasteiger partial charge in [0, 0.05) is 19.8 Å². The Morgan fingerprint density at radius 1 is 1.07 bits per heavy atom. The average molecular weight is 419 g/mol. The highest BCUT2D eigenvalue weighted by molar-refractivity contribution is 7.89. The average Bonchev–Trinajstić information content (AvgIpc) is 2.67. The Labute approximate surface area is 171 Å². The van der Waals surface area contributed by atoms with Crippen molar-refractivity contribution in [1.29, 1.82) is 0 Å². The summed E-state index contributed by atoms with van der Waals surface area (Å²) in [6.45, 7) is 5.30. The molecule has 7 nitrogen and oxygen atoms in total. The lowest BCUT2D eigenvalue weighted by atomic mass is 10.0. The Bertz CT molecular complexity index is 996. The normalized spacial score (nSPS) is 11.6. The summed E-state index contributed by atoms with van der Waals surface area (Å²) in [5, 5.41) is 2.55. The minimum absolute atomic E-state index is 0.0996. The van der Waals surface area contributed by atoms with Gasteiger partial charge in [-0.3, -0.25) is 4.79 Å². The number of aryl methyl sites for hydroxylation is 1. The maximum atomic E-state index is 12.4. The molecule has 1 N–H and O–H groups in total. The second kappa shape index (κ2) is 9.19. The van der Waals surface area contributed by atoms with Crippen LogP contribution in [-0.4, -0.2) is 45.3 Å². The van der Waals surface area contributed by atoms with Crippen molar-refractivity contribution in [3.8, 4) is 0 Å². The second-order valence-electron chi connectivity index (χ2n) is 7.17. The molecule has 1 amide bonds. The zero-order valence-corrected chi connectivity index (χ0v) is 18.0. The standard InChI is InChI=1S/C21H26N2O5S/c1-14(2)16-7-9-17(10-8-16)21(25)28-13-20(24)22-18-11-6-15(3)19(12-18)29(26,27)23(4)5/h6-12,14H,13H2,1-5H3,(H,22,24). The Morgan fingerprint density at radius 2 is 1.69 bits per heavy atom. The van der Waals surface area contributed by atoms with Gasteiger partial charge in [0.25, 0.3) is 5.91 Å². The molecular formula is C21H26N2O5S. The Kier molecular flexibility index (Phi) is 7.16. The van der Waals surface area contributed by atoms with E-state index in [0.717, 1.165) is 9.87 Å². The van der Waals surface area contributed by atoms with E-state index < -0.39 is 28.5 Å². The van der Waals surface area contributed by atoms with E-state index in [9.17, 15) is 18.0 Å². The van der Waals surface area contributed by atoms with Gasteiger partial charge in [0.1, 0.15) is 0 Å². The number of carbonyl (C=O) groups is 2. The predicted octanol–water partition coefficient (Wildman–Crippen LogP) is 3.16. The Hall–Kier alpha value is -2.71. The van der Waals surface area contributed by atoms with Gasteiger partial charge in [0.2, 0.25) is 10.0 Å². The van der Waals surface area contributed by atoms with Crippen molar-refractivity contribution >= 4 is 27.6 Å². The first-order valence-corrected chi connectivity index (χ1v) is 10.6. The number of nitrogens with one attached hydrogen (secondary N) is 1. The zero-order chi connectivity index (χ0) is 21.8. The fraction of sp³-hybridized carbons (Fsp3) is 0.333. The number of rotatable bonds is 7. The van der Waals surface area contributed by atoms with Crippen LogP contribution in [0.25, 0.3) is 0 Å². The smallest absolute Gasteiger partial charge is 0.338 e. The first-order chi connectivity index (χ1) is 13.5. The number of ether oxygens (including phenoxy) is 1. The molecule has 0 saturated heterocycles. The van der Waals surface area contributed by atoms with E-state index in [-0.39, 0.29) is 4.90 Å². The minimum Gasteiger partial charge on any atom is -0.452 e. The highest BCUT2D eigenvalue weighted by atomic mass is 32.2. The third kappa shape index (κ3) is 5.65. The first kappa shape index (κ1) is 22.6. The lowest BCUT2D eigenvalue weighted by Crippen LogP contribution is -2.24. The number of benzene rings is 2. The predicted molar refractivity (Wildman–Crippen MR) is 111 cm³/mol. The maximum Gasteiger partial charge on any atom is 0.338 e. The Balaban J connectivity index is 2.01. The molecule has 156 valence electrons. The van der Waals surface area contributed by atoms with Crippen LogP contribution < -0.4 is 5.32 Å². The van der Waals surface area contributed by atoms with Crippen molar-refractivity contribution in [3.63, 3.8) is 0 Å². The van der Waals surface area contributed by atoms with Gasteiger partial charge < -0.3 is 10.1 Å². The van der Waals surface area contributed by atoms with Crippen molar-refractivity contribution in [3.05, 3.63) is 59.2 Å². The molecule has 0 spiro atoms. The molecule has 0 aliphatic heterocycles. The van der Waals surface area contributed by atoms with Crippen molar-refractivity contribution in [2.24, 2.45) is 0 Å². The number of esters is 1. The van der Waals surface area contributed by atoms with Gasteiger partial charge in [0.15, 0.2) is 6.61 Å². The molecule has 2 rings (SSSR count). The quantitative estimate of drug-likeness (QED) is 0.697. The number of hydrogen-bond acceptors (Lipinski definition) is 5. The molecule has 0 aliphatic carbocycles. The van der Waals surface area contributed by atoms with Gasteiger partial charge in [-0.05, 0) is 48.2 Å². The maximum absolute atomic E-state index is 12.4. The summed E-state index contributed by atoms with van der Waals surface area (Å²) in [5.41, 5.74) is 2.32. The summed E-state index contributed by atoms with van der Waals surface area (Å²) >= 11 is 0. The summed E-state index contributed by atoms with van der Waals surface area (Å²) in [6, 6.07) is 11.6. The van der Waals surface area contributed by atoms with E-state index in [2.05, 4.69) is 19.2 Å². The third-order valence-corrected chi connectivity index (χ3v) is 6.34. The zero-order valence-electron chi connectivity index (χ0n) is 17.2. The number of sulfonamides is 1.